The third kappa shape index (κ3) is 4.19. The number of nitrogens with two attached hydrogens (primary N) is 1. The maximum Gasteiger partial charge on any atom is 0.248 e. The predicted octanol–water partition coefficient (Wildman–Crippen LogP) is 3.16. The number of anilines is 1. The van der Waals surface area contributed by atoms with Crippen LogP contribution in [0.5, 0.6) is 5.75 Å². The number of rotatable bonds is 7. The standard InChI is InChI=1S/C18H21ClN2O3/c1-11(14-9-12(7-8-22)3-6-17(14)24-2)21-16-5-4-13(18(20)23)10-15(16)19/h3-6,9-11,21-22H,7-8H2,1-2H3,(H2,20,23)/t11-/m0/s1. The molecule has 0 aliphatic heterocycles. The largest absolute Gasteiger partial charge is 0.496 e. The van der Waals surface area contributed by atoms with Crippen LogP contribution in [-0.2, 0) is 6.42 Å². The van der Waals surface area contributed by atoms with Crippen LogP contribution in [-0.4, -0.2) is 24.7 Å². The van der Waals surface area contributed by atoms with Crippen LogP contribution < -0.4 is 15.8 Å². The monoisotopic (exact) mass is 348 g/mol. The van der Waals surface area contributed by atoms with Gasteiger partial charge in [0.2, 0.25) is 5.91 Å². The summed E-state index contributed by atoms with van der Waals surface area (Å²) in [6.45, 7) is 2.08. The normalized spacial score (nSPS) is 11.8. The number of carbonyl (C=O) groups excluding carboxylic acids is 1. The van der Waals surface area contributed by atoms with E-state index in [-0.39, 0.29) is 12.6 Å². The summed E-state index contributed by atoms with van der Waals surface area (Å²) in [4.78, 5) is 11.2. The first-order chi connectivity index (χ1) is 11.5. The summed E-state index contributed by atoms with van der Waals surface area (Å²) in [5, 5.41) is 12.8. The SMILES string of the molecule is COc1ccc(CCO)cc1[C@H](C)Nc1ccc(C(N)=O)cc1Cl. The Kier molecular flexibility index (Phi) is 6.06. The number of hydrogen-bond donors (Lipinski definition) is 3. The summed E-state index contributed by atoms with van der Waals surface area (Å²) in [7, 11) is 1.62. The van der Waals surface area contributed by atoms with Crippen molar-refractivity contribution in [1.29, 1.82) is 0 Å². The van der Waals surface area contributed by atoms with Crippen LogP contribution in [0.2, 0.25) is 5.02 Å². The van der Waals surface area contributed by atoms with Gasteiger partial charge in [0.05, 0.1) is 23.9 Å². The molecule has 0 heterocycles. The van der Waals surface area contributed by atoms with Gasteiger partial charge < -0.3 is 20.9 Å². The van der Waals surface area contributed by atoms with E-state index in [2.05, 4.69) is 5.32 Å². The number of aliphatic hydroxyl groups is 1. The third-order valence-electron chi connectivity index (χ3n) is 3.79. The number of benzene rings is 2. The number of hydrogen-bond acceptors (Lipinski definition) is 4. The molecule has 2 rings (SSSR count). The van der Waals surface area contributed by atoms with Crippen LogP contribution in [0.1, 0.15) is 34.5 Å². The van der Waals surface area contributed by atoms with E-state index in [1.807, 2.05) is 25.1 Å². The quantitative estimate of drug-likeness (QED) is 0.717. The second kappa shape index (κ2) is 8.04. The summed E-state index contributed by atoms with van der Waals surface area (Å²) < 4.78 is 5.42. The van der Waals surface area contributed by atoms with E-state index >= 15 is 0 Å². The first-order valence-electron chi connectivity index (χ1n) is 7.59. The Bertz CT molecular complexity index is 734. The number of ether oxygens (including phenoxy) is 1. The molecule has 0 aliphatic carbocycles. The first-order valence-corrected chi connectivity index (χ1v) is 7.97. The smallest absolute Gasteiger partial charge is 0.248 e. The Balaban J connectivity index is 2.27. The van der Waals surface area contributed by atoms with E-state index in [4.69, 9.17) is 27.2 Å². The number of carbonyl (C=O) groups is 1. The molecular weight excluding hydrogens is 328 g/mol. The van der Waals surface area contributed by atoms with Crippen molar-refractivity contribution in [3.05, 3.63) is 58.1 Å². The Morgan fingerprint density at radius 1 is 1.33 bits per heavy atom. The second-order valence-corrected chi connectivity index (χ2v) is 5.88. The van der Waals surface area contributed by atoms with Gasteiger partial charge in [0.15, 0.2) is 0 Å². The molecule has 4 N–H and O–H groups in total. The van der Waals surface area contributed by atoms with Crippen LogP contribution in [0.4, 0.5) is 5.69 Å². The second-order valence-electron chi connectivity index (χ2n) is 5.47. The summed E-state index contributed by atoms with van der Waals surface area (Å²) >= 11 is 6.23. The molecule has 0 saturated carbocycles. The van der Waals surface area contributed by atoms with Crippen molar-refractivity contribution < 1.29 is 14.6 Å². The van der Waals surface area contributed by atoms with E-state index in [0.717, 1.165) is 16.9 Å². The van der Waals surface area contributed by atoms with E-state index in [0.29, 0.717) is 22.7 Å². The van der Waals surface area contributed by atoms with E-state index in [1.54, 1.807) is 25.3 Å². The first kappa shape index (κ1) is 18.1. The highest BCUT2D eigenvalue weighted by molar-refractivity contribution is 6.33. The average Bonchev–Trinajstić information content (AvgIpc) is 2.56. The summed E-state index contributed by atoms with van der Waals surface area (Å²) in [6, 6.07) is 10.6. The topological polar surface area (TPSA) is 84.6 Å². The number of halogens is 1. The molecule has 128 valence electrons. The molecule has 2 aromatic rings. The Hall–Kier alpha value is -2.24. The fourth-order valence-electron chi connectivity index (χ4n) is 2.50. The van der Waals surface area contributed by atoms with Crippen molar-refractivity contribution in [1.82, 2.24) is 0 Å². The van der Waals surface area contributed by atoms with Gasteiger partial charge in [0.25, 0.3) is 0 Å². The summed E-state index contributed by atoms with van der Waals surface area (Å²) in [5.74, 6) is 0.233. The summed E-state index contributed by atoms with van der Waals surface area (Å²) in [6.07, 6.45) is 0.581. The molecule has 0 bridgehead atoms. The van der Waals surface area contributed by atoms with Crippen molar-refractivity contribution in [3.63, 3.8) is 0 Å². The van der Waals surface area contributed by atoms with E-state index in [1.165, 1.54) is 0 Å². The van der Waals surface area contributed by atoms with Crippen molar-refractivity contribution in [2.45, 2.75) is 19.4 Å². The minimum Gasteiger partial charge on any atom is -0.496 e. The molecule has 0 radical (unpaired) electrons. The minimum absolute atomic E-state index is 0.0875. The number of nitrogens with one attached hydrogen (secondary N) is 1. The highest BCUT2D eigenvalue weighted by Crippen LogP contribution is 2.32. The van der Waals surface area contributed by atoms with Crippen LogP contribution >= 0.6 is 11.6 Å². The molecule has 1 atom stereocenters. The molecule has 5 nitrogen and oxygen atoms in total. The lowest BCUT2D eigenvalue weighted by molar-refractivity contribution is 0.100. The zero-order chi connectivity index (χ0) is 17.7. The molecule has 2 aromatic carbocycles. The lowest BCUT2D eigenvalue weighted by Gasteiger charge is -2.20. The van der Waals surface area contributed by atoms with Gasteiger partial charge in [0, 0.05) is 17.7 Å². The van der Waals surface area contributed by atoms with Crippen LogP contribution in [0.15, 0.2) is 36.4 Å². The van der Waals surface area contributed by atoms with Gasteiger partial charge >= 0.3 is 0 Å². The highest BCUT2D eigenvalue weighted by Gasteiger charge is 2.14. The lowest BCUT2D eigenvalue weighted by Crippen LogP contribution is -2.12. The molecule has 0 aromatic heterocycles. The van der Waals surface area contributed by atoms with E-state index in [9.17, 15) is 4.79 Å². The maximum atomic E-state index is 11.2. The number of primary amides is 1. The number of methoxy groups -OCH3 is 1. The minimum atomic E-state index is -0.519. The van der Waals surface area contributed by atoms with Crippen molar-refractivity contribution >= 4 is 23.2 Å². The van der Waals surface area contributed by atoms with Crippen LogP contribution in [0, 0.1) is 0 Å². The van der Waals surface area contributed by atoms with Gasteiger partial charge in [-0.2, -0.15) is 0 Å². The highest BCUT2D eigenvalue weighted by atomic mass is 35.5. The van der Waals surface area contributed by atoms with Crippen molar-refractivity contribution in [3.8, 4) is 5.75 Å². The molecule has 0 fully saturated rings. The zero-order valence-corrected chi connectivity index (χ0v) is 14.4. The average molecular weight is 349 g/mol. The Morgan fingerprint density at radius 2 is 2.08 bits per heavy atom. The molecule has 6 heteroatoms. The molecule has 0 aliphatic rings. The van der Waals surface area contributed by atoms with Gasteiger partial charge in [-0.25, -0.2) is 0 Å². The fraction of sp³-hybridized carbons (Fsp3) is 0.278. The molecule has 0 saturated heterocycles. The maximum absolute atomic E-state index is 11.2. The van der Waals surface area contributed by atoms with Crippen LogP contribution in [0.3, 0.4) is 0 Å². The third-order valence-corrected chi connectivity index (χ3v) is 4.10. The lowest BCUT2D eigenvalue weighted by atomic mass is 10.0. The number of aliphatic hydroxyl groups excluding tert-OH is 1. The molecule has 0 unspecified atom stereocenters. The van der Waals surface area contributed by atoms with Gasteiger partial charge in [0.1, 0.15) is 5.75 Å². The molecule has 24 heavy (non-hydrogen) atoms. The zero-order valence-electron chi connectivity index (χ0n) is 13.7. The van der Waals surface area contributed by atoms with Crippen molar-refractivity contribution in [2.24, 2.45) is 5.73 Å². The molecule has 1 amide bonds. The Morgan fingerprint density at radius 3 is 2.67 bits per heavy atom. The molecule has 0 spiro atoms. The van der Waals surface area contributed by atoms with Gasteiger partial charge in [-0.3, -0.25) is 4.79 Å². The van der Waals surface area contributed by atoms with Crippen molar-refractivity contribution in [2.75, 3.05) is 19.0 Å². The van der Waals surface area contributed by atoms with Crippen LogP contribution in [0.25, 0.3) is 0 Å². The van der Waals surface area contributed by atoms with Gasteiger partial charge in [-0.15, -0.1) is 0 Å². The fourth-order valence-corrected chi connectivity index (χ4v) is 2.74. The van der Waals surface area contributed by atoms with E-state index < -0.39 is 5.91 Å². The van der Waals surface area contributed by atoms with Gasteiger partial charge in [-0.05, 0) is 49.2 Å². The van der Waals surface area contributed by atoms with Gasteiger partial charge in [-0.1, -0.05) is 17.7 Å². The summed E-state index contributed by atoms with van der Waals surface area (Å²) in [5.41, 5.74) is 8.29. The number of amides is 1. The molecular formula is C18H21ClN2O3. The Labute approximate surface area is 146 Å². The predicted molar refractivity (Wildman–Crippen MR) is 95.8 cm³/mol.